The van der Waals surface area contributed by atoms with Gasteiger partial charge in [0.15, 0.2) is 0 Å². The van der Waals surface area contributed by atoms with Crippen molar-refractivity contribution in [1.29, 1.82) is 0 Å². The first-order valence-corrected chi connectivity index (χ1v) is 7.14. The number of carbonyl (C=O) groups is 4. The van der Waals surface area contributed by atoms with Crippen LogP contribution in [0.25, 0.3) is 0 Å². The number of nitrogens with one attached hydrogen (secondary N) is 1. The third kappa shape index (κ3) is 5.34. The molecule has 0 bridgehead atoms. The molecule has 0 saturated carbocycles. The van der Waals surface area contributed by atoms with Gasteiger partial charge in [0.2, 0.25) is 11.8 Å². The Morgan fingerprint density at radius 1 is 1.32 bits per heavy atom. The Bertz CT molecular complexity index is 449. The molecular formula is C14H22N2O6. The molecule has 22 heavy (non-hydrogen) atoms. The van der Waals surface area contributed by atoms with E-state index in [-0.39, 0.29) is 32.0 Å². The average molecular weight is 314 g/mol. The summed E-state index contributed by atoms with van der Waals surface area (Å²) in [5, 5.41) is 2.60. The Labute approximate surface area is 129 Å². The minimum Gasteiger partial charge on any atom is -0.469 e. The quantitative estimate of drug-likeness (QED) is 0.522. The van der Waals surface area contributed by atoms with Crippen molar-refractivity contribution in [2.24, 2.45) is 5.92 Å². The Hall–Kier alpha value is -2.12. The first-order chi connectivity index (χ1) is 10.3. The first kappa shape index (κ1) is 17.9. The highest BCUT2D eigenvalue weighted by Gasteiger charge is 2.35. The molecule has 1 aliphatic rings. The summed E-state index contributed by atoms with van der Waals surface area (Å²) in [5.74, 6) is -2.01. The van der Waals surface area contributed by atoms with Crippen molar-refractivity contribution < 1.29 is 28.7 Å². The lowest BCUT2D eigenvalue weighted by Gasteiger charge is -2.34. The molecule has 1 unspecified atom stereocenters. The fraction of sp³-hybridized carbons (Fsp3) is 0.714. The highest BCUT2D eigenvalue weighted by Crippen LogP contribution is 2.12. The van der Waals surface area contributed by atoms with Crippen LogP contribution in [0.4, 0.5) is 0 Å². The molecule has 1 N–H and O–H groups in total. The van der Waals surface area contributed by atoms with Gasteiger partial charge in [0.1, 0.15) is 12.5 Å². The third-order valence-electron chi connectivity index (χ3n) is 3.11. The summed E-state index contributed by atoms with van der Waals surface area (Å²) < 4.78 is 9.48. The highest BCUT2D eigenvalue weighted by atomic mass is 16.5. The lowest BCUT2D eigenvalue weighted by atomic mass is 10.1. The second-order valence-corrected chi connectivity index (χ2v) is 5.43. The van der Waals surface area contributed by atoms with Gasteiger partial charge in [-0.05, 0) is 5.92 Å². The molecule has 8 heteroatoms. The van der Waals surface area contributed by atoms with E-state index in [1.807, 2.05) is 13.8 Å². The van der Waals surface area contributed by atoms with Crippen LogP contribution in [-0.2, 0) is 28.7 Å². The van der Waals surface area contributed by atoms with Crippen LogP contribution in [-0.4, -0.2) is 61.5 Å². The van der Waals surface area contributed by atoms with Crippen molar-refractivity contribution in [3.8, 4) is 0 Å². The molecular weight excluding hydrogens is 292 g/mol. The number of hydrogen-bond donors (Lipinski definition) is 1. The number of hydrogen-bond acceptors (Lipinski definition) is 6. The number of esters is 2. The zero-order chi connectivity index (χ0) is 16.7. The molecule has 1 heterocycles. The number of rotatable bonds is 6. The first-order valence-electron chi connectivity index (χ1n) is 7.14. The van der Waals surface area contributed by atoms with Crippen molar-refractivity contribution in [2.75, 3.05) is 26.8 Å². The lowest BCUT2D eigenvalue weighted by molar-refractivity contribution is -0.154. The van der Waals surface area contributed by atoms with Crippen molar-refractivity contribution in [3.63, 3.8) is 0 Å². The summed E-state index contributed by atoms with van der Waals surface area (Å²) in [5.41, 5.74) is 0. The summed E-state index contributed by atoms with van der Waals surface area (Å²) in [6, 6.07) is -0.953. The fourth-order valence-corrected chi connectivity index (χ4v) is 1.99. The van der Waals surface area contributed by atoms with Gasteiger partial charge >= 0.3 is 11.9 Å². The Morgan fingerprint density at radius 2 is 2.00 bits per heavy atom. The van der Waals surface area contributed by atoms with Gasteiger partial charge < -0.3 is 19.7 Å². The largest absolute Gasteiger partial charge is 0.469 e. The van der Waals surface area contributed by atoms with Crippen LogP contribution in [0.2, 0.25) is 0 Å². The molecule has 1 fully saturated rings. The molecule has 1 rings (SSSR count). The van der Waals surface area contributed by atoms with Gasteiger partial charge in [0.25, 0.3) is 0 Å². The number of carbonyl (C=O) groups excluding carboxylic acids is 4. The molecule has 1 aliphatic heterocycles. The molecule has 0 aromatic rings. The van der Waals surface area contributed by atoms with Crippen LogP contribution < -0.4 is 5.32 Å². The van der Waals surface area contributed by atoms with Crippen LogP contribution >= 0.6 is 0 Å². The zero-order valence-electron chi connectivity index (χ0n) is 13.1. The van der Waals surface area contributed by atoms with Gasteiger partial charge in [-0.3, -0.25) is 19.2 Å². The van der Waals surface area contributed by atoms with Crippen LogP contribution in [0, 0.1) is 5.92 Å². The van der Waals surface area contributed by atoms with Crippen molar-refractivity contribution in [1.82, 2.24) is 10.2 Å². The number of ether oxygens (including phenoxy) is 2. The van der Waals surface area contributed by atoms with E-state index in [1.54, 1.807) is 0 Å². The molecule has 1 saturated heterocycles. The van der Waals surface area contributed by atoms with Gasteiger partial charge in [0.05, 0.1) is 20.1 Å². The van der Waals surface area contributed by atoms with Gasteiger partial charge in [-0.25, -0.2) is 0 Å². The minimum absolute atomic E-state index is 0.182. The Morgan fingerprint density at radius 3 is 2.59 bits per heavy atom. The molecule has 0 aliphatic carbocycles. The summed E-state index contributed by atoms with van der Waals surface area (Å²) in [4.78, 5) is 48.2. The zero-order valence-corrected chi connectivity index (χ0v) is 13.1. The molecule has 0 aromatic heterocycles. The summed E-state index contributed by atoms with van der Waals surface area (Å²) in [7, 11) is 1.18. The normalized spacial score (nSPS) is 17.9. The van der Waals surface area contributed by atoms with E-state index in [4.69, 9.17) is 4.74 Å². The fourth-order valence-electron chi connectivity index (χ4n) is 1.99. The number of methoxy groups -OCH3 is 1. The molecule has 1 atom stereocenters. The second kappa shape index (κ2) is 8.35. The maximum atomic E-state index is 12.1. The summed E-state index contributed by atoms with van der Waals surface area (Å²) >= 11 is 0. The van der Waals surface area contributed by atoms with E-state index in [0.717, 1.165) is 0 Å². The second-order valence-electron chi connectivity index (χ2n) is 5.43. The van der Waals surface area contributed by atoms with E-state index in [0.29, 0.717) is 0 Å². The minimum atomic E-state index is -0.953. The van der Waals surface area contributed by atoms with Crippen LogP contribution in [0.5, 0.6) is 0 Å². The molecule has 2 amide bonds. The van der Waals surface area contributed by atoms with Crippen molar-refractivity contribution >= 4 is 23.8 Å². The average Bonchev–Trinajstić information content (AvgIpc) is 2.46. The summed E-state index contributed by atoms with van der Waals surface area (Å²) in [6.07, 6.45) is -0.688. The van der Waals surface area contributed by atoms with Gasteiger partial charge in [-0.15, -0.1) is 0 Å². The topological polar surface area (TPSA) is 102 Å². The van der Waals surface area contributed by atoms with Crippen LogP contribution in [0.3, 0.4) is 0 Å². The number of piperazine rings is 1. The molecule has 124 valence electrons. The van der Waals surface area contributed by atoms with Crippen molar-refractivity contribution in [2.45, 2.75) is 32.7 Å². The predicted molar refractivity (Wildman–Crippen MR) is 75.6 cm³/mol. The maximum Gasteiger partial charge on any atom is 0.315 e. The summed E-state index contributed by atoms with van der Waals surface area (Å²) in [6.45, 7) is 4.57. The molecule has 8 nitrogen and oxygen atoms in total. The van der Waals surface area contributed by atoms with Gasteiger partial charge in [-0.1, -0.05) is 13.8 Å². The smallest absolute Gasteiger partial charge is 0.315 e. The van der Waals surface area contributed by atoms with Gasteiger partial charge in [-0.2, -0.15) is 0 Å². The van der Waals surface area contributed by atoms with E-state index in [9.17, 15) is 19.2 Å². The number of nitrogens with zero attached hydrogens (tertiary/aromatic N) is 1. The van der Waals surface area contributed by atoms with Crippen LogP contribution in [0.15, 0.2) is 0 Å². The molecule has 0 radical (unpaired) electrons. The third-order valence-corrected chi connectivity index (χ3v) is 3.11. The molecule has 0 spiro atoms. The van der Waals surface area contributed by atoms with Gasteiger partial charge in [0, 0.05) is 13.1 Å². The Balaban J connectivity index is 2.68. The monoisotopic (exact) mass is 314 g/mol. The number of amides is 2. The van der Waals surface area contributed by atoms with Crippen molar-refractivity contribution in [3.05, 3.63) is 0 Å². The van der Waals surface area contributed by atoms with Crippen LogP contribution in [0.1, 0.15) is 26.7 Å². The highest BCUT2D eigenvalue weighted by molar-refractivity contribution is 5.98. The van der Waals surface area contributed by atoms with E-state index >= 15 is 0 Å². The standard InChI is InChI=1S/C14H22N2O6/c1-9(2)8-22-13(19)6-10-14(20)15-4-5-16(10)11(17)7-12(18)21-3/h9-10H,4-8H2,1-3H3,(H,15,20). The van der Waals surface area contributed by atoms with E-state index in [2.05, 4.69) is 10.1 Å². The van der Waals surface area contributed by atoms with E-state index in [1.165, 1.54) is 12.0 Å². The van der Waals surface area contributed by atoms with E-state index < -0.39 is 36.2 Å². The predicted octanol–water partition coefficient (Wildman–Crippen LogP) is -0.534. The molecule has 0 aromatic carbocycles. The maximum absolute atomic E-state index is 12.1. The Kier molecular flexibility index (Phi) is 6.81. The SMILES string of the molecule is COC(=O)CC(=O)N1CCNC(=O)C1CC(=O)OCC(C)C. The lowest BCUT2D eigenvalue weighted by Crippen LogP contribution is -2.58.